The Morgan fingerprint density at radius 2 is 1.96 bits per heavy atom. The lowest BCUT2D eigenvalue weighted by Crippen LogP contribution is -2.33. The lowest BCUT2D eigenvalue weighted by molar-refractivity contribution is -0.145. The van der Waals surface area contributed by atoms with Crippen molar-refractivity contribution in [3.8, 4) is 0 Å². The Labute approximate surface area is 137 Å². The number of ether oxygens (including phenoxy) is 1. The van der Waals surface area contributed by atoms with Gasteiger partial charge in [-0.15, -0.1) is 0 Å². The predicted octanol–water partition coefficient (Wildman–Crippen LogP) is 2.89. The summed E-state index contributed by atoms with van der Waals surface area (Å²) < 4.78 is 43.9. The summed E-state index contributed by atoms with van der Waals surface area (Å²) in [5.41, 5.74) is 2.35. The standard InChI is InChI=1S/C17H16F3N3O/c18-17(19,20)16-21-6-5-12(23-16)7-10-1-3-11(4-2-10)15-14-8-13(24-15)9-22-14/h1-6,13-15,22H,7-9H2/t13-,14-,15+/m0/s1. The van der Waals surface area contributed by atoms with E-state index in [1.165, 1.54) is 6.07 Å². The summed E-state index contributed by atoms with van der Waals surface area (Å²) in [6.07, 6.45) is -1.65. The van der Waals surface area contributed by atoms with E-state index >= 15 is 0 Å². The summed E-state index contributed by atoms with van der Waals surface area (Å²) in [6, 6.07) is 9.66. The van der Waals surface area contributed by atoms with Crippen LogP contribution in [0.15, 0.2) is 36.5 Å². The van der Waals surface area contributed by atoms with E-state index in [9.17, 15) is 13.2 Å². The number of hydrogen-bond acceptors (Lipinski definition) is 4. The summed E-state index contributed by atoms with van der Waals surface area (Å²) in [7, 11) is 0. The predicted molar refractivity (Wildman–Crippen MR) is 80.3 cm³/mol. The number of alkyl halides is 3. The van der Waals surface area contributed by atoms with Gasteiger partial charge >= 0.3 is 6.18 Å². The van der Waals surface area contributed by atoms with Gasteiger partial charge in [0.2, 0.25) is 5.82 Å². The van der Waals surface area contributed by atoms with Crippen LogP contribution in [0, 0.1) is 0 Å². The third-order valence-corrected chi connectivity index (χ3v) is 4.49. The van der Waals surface area contributed by atoms with Crippen molar-refractivity contribution in [1.82, 2.24) is 15.3 Å². The smallest absolute Gasteiger partial charge is 0.367 e. The fraction of sp³-hybridized carbons (Fsp3) is 0.412. The third-order valence-electron chi connectivity index (χ3n) is 4.49. The SMILES string of the molecule is FC(F)(F)c1nccc(Cc2ccc([C@H]3O[C@@H]4CN[C@H]3C4)cc2)n1. The Balaban J connectivity index is 1.48. The number of fused-ring (bicyclic) bond motifs is 2. The molecule has 0 spiro atoms. The Morgan fingerprint density at radius 1 is 1.17 bits per heavy atom. The highest BCUT2D eigenvalue weighted by molar-refractivity contribution is 5.29. The van der Waals surface area contributed by atoms with E-state index in [-0.39, 0.29) is 6.10 Å². The first-order chi connectivity index (χ1) is 11.5. The second-order valence-corrected chi connectivity index (χ2v) is 6.22. The van der Waals surface area contributed by atoms with E-state index in [0.29, 0.717) is 24.3 Å². The van der Waals surface area contributed by atoms with E-state index in [2.05, 4.69) is 15.3 Å². The lowest BCUT2D eigenvalue weighted by atomic mass is 10.00. The van der Waals surface area contributed by atoms with Gasteiger partial charge in [0.25, 0.3) is 0 Å². The number of morpholine rings is 1. The van der Waals surface area contributed by atoms with Gasteiger partial charge in [0.15, 0.2) is 0 Å². The monoisotopic (exact) mass is 335 g/mol. The minimum atomic E-state index is -4.52. The second-order valence-electron chi connectivity index (χ2n) is 6.22. The van der Waals surface area contributed by atoms with E-state index in [1.54, 1.807) is 0 Å². The molecule has 2 bridgehead atoms. The number of halogens is 3. The van der Waals surface area contributed by atoms with E-state index in [4.69, 9.17) is 4.74 Å². The molecule has 4 rings (SSSR count). The van der Waals surface area contributed by atoms with Crippen LogP contribution in [0.3, 0.4) is 0 Å². The highest BCUT2D eigenvalue weighted by Crippen LogP contribution is 2.36. The van der Waals surface area contributed by atoms with Gasteiger partial charge in [-0.2, -0.15) is 13.2 Å². The molecule has 0 amide bonds. The lowest BCUT2D eigenvalue weighted by Gasteiger charge is -2.23. The molecule has 2 saturated heterocycles. The Kier molecular flexibility index (Phi) is 3.77. The van der Waals surface area contributed by atoms with Gasteiger partial charge in [0, 0.05) is 30.9 Å². The molecule has 2 aliphatic heterocycles. The summed E-state index contributed by atoms with van der Waals surface area (Å²) in [5, 5.41) is 3.43. The maximum atomic E-state index is 12.7. The van der Waals surface area contributed by atoms with Crippen LogP contribution < -0.4 is 5.32 Å². The molecule has 24 heavy (non-hydrogen) atoms. The molecule has 0 saturated carbocycles. The molecule has 0 aliphatic carbocycles. The van der Waals surface area contributed by atoms with Crippen molar-refractivity contribution in [2.45, 2.75) is 37.3 Å². The molecule has 0 radical (unpaired) electrons. The fourth-order valence-electron chi connectivity index (χ4n) is 3.35. The number of nitrogens with one attached hydrogen (secondary N) is 1. The van der Waals surface area contributed by atoms with Crippen LogP contribution in [0.2, 0.25) is 0 Å². The first-order valence-corrected chi connectivity index (χ1v) is 7.86. The Morgan fingerprint density at radius 3 is 2.58 bits per heavy atom. The van der Waals surface area contributed by atoms with Gasteiger partial charge in [0.1, 0.15) is 0 Å². The van der Waals surface area contributed by atoms with Crippen LogP contribution in [-0.4, -0.2) is 28.7 Å². The van der Waals surface area contributed by atoms with Crippen LogP contribution in [0.4, 0.5) is 13.2 Å². The Hall–Kier alpha value is -1.99. The number of rotatable bonds is 3. The van der Waals surface area contributed by atoms with E-state index < -0.39 is 12.0 Å². The molecule has 3 heterocycles. The average molecular weight is 335 g/mol. The fourth-order valence-corrected chi connectivity index (χ4v) is 3.35. The minimum absolute atomic E-state index is 0.0636. The van der Waals surface area contributed by atoms with Crippen LogP contribution in [0.1, 0.15) is 35.2 Å². The van der Waals surface area contributed by atoms with Crippen molar-refractivity contribution in [2.24, 2.45) is 0 Å². The van der Waals surface area contributed by atoms with E-state index in [0.717, 1.165) is 30.3 Å². The largest absolute Gasteiger partial charge is 0.451 e. The van der Waals surface area contributed by atoms with Crippen LogP contribution in [0.25, 0.3) is 0 Å². The van der Waals surface area contributed by atoms with Crippen molar-refractivity contribution in [3.05, 3.63) is 59.2 Å². The molecule has 2 fully saturated rings. The van der Waals surface area contributed by atoms with Crippen LogP contribution in [0.5, 0.6) is 0 Å². The maximum Gasteiger partial charge on any atom is 0.451 e. The molecule has 3 atom stereocenters. The van der Waals surface area contributed by atoms with Gasteiger partial charge < -0.3 is 10.1 Å². The molecular formula is C17H16F3N3O. The number of aromatic nitrogens is 2. The molecule has 2 aliphatic rings. The third kappa shape index (κ3) is 3.01. The number of hydrogen-bond donors (Lipinski definition) is 1. The molecule has 7 heteroatoms. The molecule has 126 valence electrons. The van der Waals surface area contributed by atoms with Crippen LogP contribution >= 0.6 is 0 Å². The molecule has 1 aromatic carbocycles. The summed E-state index contributed by atoms with van der Waals surface area (Å²) in [5.74, 6) is -1.10. The summed E-state index contributed by atoms with van der Waals surface area (Å²) in [6.45, 7) is 0.911. The molecule has 1 N–H and O–H groups in total. The van der Waals surface area contributed by atoms with Gasteiger partial charge in [0.05, 0.1) is 12.2 Å². The maximum absolute atomic E-state index is 12.7. The van der Waals surface area contributed by atoms with Crippen molar-refractivity contribution in [2.75, 3.05) is 6.54 Å². The highest BCUT2D eigenvalue weighted by atomic mass is 19.4. The zero-order valence-corrected chi connectivity index (χ0v) is 12.8. The molecule has 2 aromatic rings. The topological polar surface area (TPSA) is 47.0 Å². The first kappa shape index (κ1) is 15.5. The molecule has 0 unspecified atom stereocenters. The number of benzene rings is 1. The van der Waals surface area contributed by atoms with Crippen molar-refractivity contribution >= 4 is 0 Å². The zero-order chi connectivity index (χ0) is 16.7. The van der Waals surface area contributed by atoms with Gasteiger partial charge in [-0.25, -0.2) is 9.97 Å². The average Bonchev–Trinajstić information content (AvgIpc) is 3.18. The second kappa shape index (κ2) is 5.82. The zero-order valence-electron chi connectivity index (χ0n) is 12.8. The quantitative estimate of drug-likeness (QED) is 0.937. The molecular weight excluding hydrogens is 319 g/mol. The minimum Gasteiger partial charge on any atom is -0.367 e. The first-order valence-electron chi connectivity index (χ1n) is 7.86. The highest BCUT2D eigenvalue weighted by Gasteiger charge is 2.41. The van der Waals surface area contributed by atoms with Gasteiger partial charge in [-0.05, 0) is 23.6 Å². The Bertz CT molecular complexity index is 733. The normalized spacial score (nSPS) is 26.0. The molecule has 4 nitrogen and oxygen atoms in total. The summed E-state index contributed by atoms with van der Waals surface area (Å²) in [4.78, 5) is 6.88. The van der Waals surface area contributed by atoms with Crippen LogP contribution in [-0.2, 0) is 17.3 Å². The van der Waals surface area contributed by atoms with Gasteiger partial charge in [-0.1, -0.05) is 24.3 Å². The van der Waals surface area contributed by atoms with Crippen molar-refractivity contribution in [3.63, 3.8) is 0 Å². The van der Waals surface area contributed by atoms with Crippen molar-refractivity contribution < 1.29 is 17.9 Å². The summed E-state index contributed by atoms with van der Waals surface area (Å²) >= 11 is 0. The molecule has 1 aromatic heterocycles. The number of nitrogens with zero attached hydrogens (tertiary/aromatic N) is 2. The van der Waals surface area contributed by atoms with E-state index in [1.807, 2.05) is 24.3 Å². The van der Waals surface area contributed by atoms with Gasteiger partial charge in [-0.3, -0.25) is 0 Å². The van der Waals surface area contributed by atoms with Crippen molar-refractivity contribution in [1.29, 1.82) is 0 Å².